The first kappa shape index (κ1) is 15.4. The Morgan fingerprint density at radius 3 is 2.61 bits per heavy atom. The Kier molecular flexibility index (Phi) is 4.03. The standard InChI is InChI=1S/C16H20N2O3S2/c19-23(20,13-6-2-1-3-7-13)18-10-12(11-18)21-16-17-14-8-4-5-9-15(14)22-16/h4-5,8-9,12-13H,1-3,6-7,10-11H2. The predicted molar refractivity (Wildman–Crippen MR) is 91.4 cm³/mol. The molecule has 5 nitrogen and oxygen atoms in total. The van der Waals surface area contributed by atoms with E-state index in [0.29, 0.717) is 18.3 Å². The molecule has 23 heavy (non-hydrogen) atoms. The minimum absolute atomic E-state index is 0.0751. The van der Waals surface area contributed by atoms with Gasteiger partial charge in [-0.3, -0.25) is 0 Å². The van der Waals surface area contributed by atoms with Crippen molar-refractivity contribution in [3.05, 3.63) is 24.3 Å². The summed E-state index contributed by atoms with van der Waals surface area (Å²) in [5.41, 5.74) is 0.929. The number of ether oxygens (including phenoxy) is 1. The summed E-state index contributed by atoms with van der Waals surface area (Å²) in [5, 5.41) is 0.450. The first-order chi connectivity index (χ1) is 11.1. The van der Waals surface area contributed by atoms with Crippen LogP contribution in [-0.4, -0.2) is 42.2 Å². The Hall–Kier alpha value is -1.18. The quantitative estimate of drug-likeness (QED) is 0.849. The van der Waals surface area contributed by atoms with Crippen LogP contribution >= 0.6 is 11.3 Å². The summed E-state index contributed by atoms with van der Waals surface area (Å²) in [6.45, 7) is 0.906. The van der Waals surface area contributed by atoms with Crippen molar-refractivity contribution in [3.63, 3.8) is 0 Å². The van der Waals surface area contributed by atoms with Crippen molar-refractivity contribution in [2.24, 2.45) is 0 Å². The van der Waals surface area contributed by atoms with Crippen LogP contribution in [0.1, 0.15) is 32.1 Å². The molecule has 1 aliphatic heterocycles. The predicted octanol–water partition coefficient (Wildman–Crippen LogP) is 3.02. The summed E-state index contributed by atoms with van der Waals surface area (Å²) in [4.78, 5) is 4.44. The van der Waals surface area contributed by atoms with E-state index in [1.165, 1.54) is 11.3 Å². The van der Waals surface area contributed by atoms with E-state index in [2.05, 4.69) is 4.98 Å². The molecule has 0 bridgehead atoms. The summed E-state index contributed by atoms with van der Waals surface area (Å²) in [6, 6.07) is 7.90. The minimum atomic E-state index is -3.14. The summed E-state index contributed by atoms with van der Waals surface area (Å²) in [5.74, 6) is 0. The second kappa shape index (κ2) is 6.03. The zero-order chi connectivity index (χ0) is 15.9. The molecule has 0 unspecified atom stereocenters. The maximum atomic E-state index is 12.6. The first-order valence-electron chi connectivity index (χ1n) is 8.14. The third kappa shape index (κ3) is 2.97. The molecule has 0 radical (unpaired) electrons. The van der Waals surface area contributed by atoms with Gasteiger partial charge in [-0.1, -0.05) is 42.7 Å². The van der Waals surface area contributed by atoms with Crippen LogP contribution in [0.15, 0.2) is 24.3 Å². The van der Waals surface area contributed by atoms with Crippen LogP contribution in [0, 0.1) is 0 Å². The monoisotopic (exact) mass is 352 g/mol. The maximum absolute atomic E-state index is 12.6. The van der Waals surface area contributed by atoms with E-state index in [4.69, 9.17) is 4.74 Å². The molecule has 0 N–H and O–H groups in total. The van der Waals surface area contributed by atoms with Crippen LogP contribution in [-0.2, 0) is 10.0 Å². The molecule has 0 spiro atoms. The zero-order valence-corrected chi connectivity index (χ0v) is 14.5. The van der Waals surface area contributed by atoms with E-state index >= 15 is 0 Å². The fourth-order valence-electron chi connectivity index (χ4n) is 3.30. The van der Waals surface area contributed by atoms with Gasteiger partial charge in [-0.2, -0.15) is 4.31 Å². The molecular formula is C16H20N2O3S2. The Balaban J connectivity index is 1.37. The fourth-order valence-corrected chi connectivity index (χ4v) is 6.28. The smallest absolute Gasteiger partial charge is 0.274 e. The summed E-state index contributed by atoms with van der Waals surface area (Å²) >= 11 is 1.51. The summed E-state index contributed by atoms with van der Waals surface area (Å²) in [7, 11) is -3.14. The van der Waals surface area contributed by atoms with Crippen molar-refractivity contribution in [2.75, 3.05) is 13.1 Å². The van der Waals surface area contributed by atoms with Gasteiger partial charge in [0.2, 0.25) is 10.0 Å². The lowest BCUT2D eigenvalue weighted by Crippen LogP contribution is -2.58. The van der Waals surface area contributed by atoms with Crippen LogP contribution in [0.4, 0.5) is 0 Å². The van der Waals surface area contributed by atoms with Gasteiger partial charge in [0, 0.05) is 0 Å². The lowest BCUT2D eigenvalue weighted by atomic mass is 10.0. The highest BCUT2D eigenvalue weighted by atomic mass is 32.2. The topological polar surface area (TPSA) is 59.5 Å². The molecule has 4 rings (SSSR count). The van der Waals surface area contributed by atoms with Crippen LogP contribution in [0.2, 0.25) is 0 Å². The van der Waals surface area contributed by atoms with Gasteiger partial charge in [0.1, 0.15) is 6.10 Å². The Labute approximate surface area is 140 Å². The number of rotatable bonds is 4. The molecule has 2 heterocycles. The number of benzene rings is 1. The molecule has 1 aromatic heterocycles. The van der Waals surface area contributed by atoms with Gasteiger partial charge in [-0.05, 0) is 25.0 Å². The lowest BCUT2D eigenvalue weighted by molar-refractivity contribution is 0.0750. The van der Waals surface area contributed by atoms with E-state index in [0.717, 1.165) is 42.3 Å². The van der Waals surface area contributed by atoms with Crippen molar-refractivity contribution in [3.8, 4) is 5.19 Å². The zero-order valence-electron chi connectivity index (χ0n) is 12.8. The minimum Gasteiger partial charge on any atom is -0.464 e. The largest absolute Gasteiger partial charge is 0.464 e. The van der Waals surface area contributed by atoms with Crippen molar-refractivity contribution in [2.45, 2.75) is 43.5 Å². The fraction of sp³-hybridized carbons (Fsp3) is 0.562. The summed E-state index contributed by atoms with van der Waals surface area (Å²) < 4.78 is 33.7. The molecule has 0 amide bonds. The first-order valence-corrected chi connectivity index (χ1v) is 10.5. The van der Waals surface area contributed by atoms with E-state index in [1.807, 2.05) is 24.3 Å². The van der Waals surface area contributed by atoms with E-state index in [9.17, 15) is 8.42 Å². The van der Waals surface area contributed by atoms with E-state index in [-0.39, 0.29) is 11.4 Å². The third-order valence-electron chi connectivity index (χ3n) is 4.69. The average Bonchev–Trinajstić information content (AvgIpc) is 2.93. The number of hydrogen-bond donors (Lipinski definition) is 0. The van der Waals surface area contributed by atoms with Crippen LogP contribution in [0.25, 0.3) is 10.2 Å². The van der Waals surface area contributed by atoms with Crippen molar-refractivity contribution in [1.29, 1.82) is 0 Å². The van der Waals surface area contributed by atoms with Crippen molar-refractivity contribution < 1.29 is 13.2 Å². The number of nitrogens with zero attached hydrogens (tertiary/aromatic N) is 2. The number of thiazole rings is 1. The number of sulfonamides is 1. The van der Waals surface area contributed by atoms with Crippen LogP contribution < -0.4 is 4.74 Å². The number of para-hydroxylation sites is 1. The maximum Gasteiger partial charge on any atom is 0.274 e. The van der Waals surface area contributed by atoms with Gasteiger partial charge in [0.15, 0.2) is 0 Å². The molecule has 7 heteroatoms. The van der Waals surface area contributed by atoms with Gasteiger partial charge < -0.3 is 4.74 Å². The molecule has 124 valence electrons. The number of fused-ring (bicyclic) bond motifs is 1. The SMILES string of the molecule is O=S(=O)(C1CCCCC1)N1CC(Oc2nc3ccccc3s2)C1. The van der Waals surface area contributed by atoms with Crippen molar-refractivity contribution in [1.82, 2.24) is 9.29 Å². The van der Waals surface area contributed by atoms with Gasteiger partial charge in [-0.15, -0.1) is 0 Å². The molecule has 2 aliphatic rings. The molecule has 2 aromatic rings. The Morgan fingerprint density at radius 1 is 1.13 bits per heavy atom. The van der Waals surface area contributed by atoms with Crippen LogP contribution in [0.5, 0.6) is 5.19 Å². The molecule has 2 fully saturated rings. The summed E-state index contributed by atoms with van der Waals surface area (Å²) in [6.07, 6.45) is 4.76. The van der Waals surface area contributed by atoms with Gasteiger partial charge in [0.25, 0.3) is 5.19 Å². The van der Waals surface area contributed by atoms with E-state index < -0.39 is 10.0 Å². The molecule has 1 saturated carbocycles. The molecule has 1 aliphatic carbocycles. The second-order valence-electron chi connectivity index (χ2n) is 6.31. The van der Waals surface area contributed by atoms with Gasteiger partial charge in [0.05, 0.1) is 28.6 Å². The molecule has 0 atom stereocenters. The Bertz CT molecular complexity index is 758. The number of hydrogen-bond acceptors (Lipinski definition) is 5. The number of aromatic nitrogens is 1. The Morgan fingerprint density at radius 2 is 1.87 bits per heavy atom. The highest BCUT2D eigenvalue weighted by Crippen LogP contribution is 2.32. The van der Waals surface area contributed by atoms with Crippen LogP contribution in [0.3, 0.4) is 0 Å². The highest BCUT2D eigenvalue weighted by molar-refractivity contribution is 7.89. The van der Waals surface area contributed by atoms with Crippen molar-refractivity contribution >= 4 is 31.6 Å². The normalized spacial score (nSPS) is 21.4. The highest BCUT2D eigenvalue weighted by Gasteiger charge is 2.41. The average molecular weight is 352 g/mol. The lowest BCUT2D eigenvalue weighted by Gasteiger charge is -2.39. The second-order valence-corrected chi connectivity index (χ2v) is 9.52. The van der Waals surface area contributed by atoms with Gasteiger partial charge in [-0.25, -0.2) is 13.4 Å². The molecular weight excluding hydrogens is 332 g/mol. The van der Waals surface area contributed by atoms with E-state index in [1.54, 1.807) is 4.31 Å². The molecule has 1 saturated heterocycles. The molecule has 1 aromatic carbocycles. The van der Waals surface area contributed by atoms with Gasteiger partial charge >= 0.3 is 0 Å². The third-order valence-corrected chi connectivity index (χ3v) is 7.95.